The Morgan fingerprint density at radius 1 is 1.31 bits per heavy atom. The van der Waals surface area contributed by atoms with Crippen LogP contribution in [0, 0.1) is 12.8 Å². The number of aliphatic hydroxyl groups excluding tert-OH is 1. The fourth-order valence-electron chi connectivity index (χ4n) is 3.79. The van der Waals surface area contributed by atoms with E-state index < -0.39 is 0 Å². The minimum Gasteiger partial charge on any atom is -0.497 e. The molecule has 2 N–H and O–H groups in total. The van der Waals surface area contributed by atoms with E-state index in [0.717, 1.165) is 48.8 Å². The zero-order chi connectivity index (χ0) is 18.5. The average molecular weight is 356 g/mol. The fraction of sp³-hybridized carbons (Fsp3) is 0.524. The Kier molecular flexibility index (Phi) is 6.09. The zero-order valence-electron chi connectivity index (χ0n) is 15.6. The summed E-state index contributed by atoms with van der Waals surface area (Å²) in [6, 6.07) is 7.55. The standard InChI is InChI=1S/C21H28N2O3/c1-14-18(12-16-9-10-17(26-2)13-19(16)23-14)21(25)22-11-5-7-15-6-3-4-8-20(15)24/h9-10,12-13,15,20,24H,3-8,11H2,1-2H3,(H,22,25)/t15-,20+/m1/s1. The van der Waals surface area contributed by atoms with Crippen molar-refractivity contribution in [3.8, 4) is 5.75 Å². The molecule has 0 spiro atoms. The van der Waals surface area contributed by atoms with Crippen LogP contribution in [0.1, 0.15) is 54.6 Å². The summed E-state index contributed by atoms with van der Waals surface area (Å²) in [7, 11) is 1.63. The number of amides is 1. The van der Waals surface area contributed by atoms with Gasteiger partial charge in [-0.25, -0.2) is 0 Å². The second kappa shape index (κ2) is 8.49. The van der Waals surface area contributed by atoms with E-state index in [2.05, 4.69) is 10.3 Å². The van der Waals surface area contributed by atoms with Crippen LogP contribution in [0.15, 0.2) is 24.3 Å². The summed E-state index contributed by atoms with van der Waals surface area (Å²) in [4.78, 5) is 17.1. The maximum Gasteiger partial charge on any atom is 0.253 e. The molecule has 26 heavy (non-hydrogen) atoms. The Bertz CT molecular complexity index is 775. The highest BCUT2D eigenvalue weighted by molar-refractivity contribution is 5.98. The van der Waals surface area contributed by atoms with Gasteiger partial charge in [-0.1, -0.05) is 12.8 Å². The van der Waals surface area contributed by atoms with Gasteiger partial charge in [0.2, 0.25) is 0 Å². The Hall–Kier alpha value is -2.14. The number of rotatable bonds is 6. The number of aromatic nitrogens is 1. The first-order valence-corrected chi connectivity index (χ1v) is 9.50. The molecule has 2 atom stereocenters. The van der Waals surface area contributed by atoms with Gasteiger partial charge in [0, 0.05) is 18.0 Å². The smallest absolute Gasteiger partial charge is 0.253 e. The van der Waals surface area contributed by atoms with Gasteiger partial charge in [-0.2, -0.15) is 0 Å². The van der Waals surface area contributed by atoms with Crippen LogP contribution in [0.2, 0.25) is 0 Å². The number of hydrogen-bond donors (Lipinski definition) is 2. The lowest BCUT2D eigenvalue weighted by atomic mass is 9.83. The second-order valence-corrected chi connectivity index (χ2v) is 7.19. The van der Waals surface area contributed by atoms with Gasteiger partial charge in [0.05, 0.1) is 30.0 Å². The topological polar surface area (TPSA) is 71.5 Å². The number of benzene rings is 1. The Morgan fingerprint density at radius 2 is 2.12 bits per heavy atom. The predicted molar refractivity (Wildman–Crippen MR) is 103 cm³/mol. The van der Waals surface area contributed by atoms with Crippen LogP contribution in [0.25, 0.3) is 10.9 Å². The number of pyridine rings is 1. The van der Waals surface area contributed by atoms with E-state index in [1.165, 1.54) is 6.42 Å². The van der Waals surface area contributed by atoms with E-state index in [9.17, 15) is 9.90 Å². The first-order valence-electron chi connectivity index (χ1n) is 9.50. The Morgan fingerprint density at radius 3 is 2.88 bits per heavy atom. The average Bonchev–Trinajstić information content (AvgIpc) is 2.65. The molecule has 3 rings (SSSR count). The van der Waals surface area contributed by atoms with Crippen molar-refractivity contribution in [1.29, 1.82) is 0 Å². The summed E-state index contributed by atoms with van der Waals surface area (Å²) in [5, 5.41) is 13.9. The quantitative estimate of drug-likeness (QED) is 0.776. The first-order chi connectivity index (χ1) is 12.6. The minimum atomic E-state index is -0.164. The molecule has 5 nitrogen and oxygen atoms in total. The van der Waals surface area contributed by atoms with Crippen molar-refractivity contribution in [3.63, 3.8) is 0 Å². The summed E-state index contributed by atoms with van der Waals surface area (Å²) in [5.74, 6) is 1.06. The fourth-order valence-corrected chi connectivity index (χ4v) is 3.79. The van der Waals surface area contributed by atoms with Gasteiger partial charge in [-0.05, 0) is 56.7 Å². The largest absolute Gasteiger partial charge is 0.497 e. The van der Waals surface area contributed by atoms with Crippen molar-refractivity contribution in [2.75, 3.05) is 13.7 Å². The number of nitrogens with zero attached hydrogens (tertiary/aromatic N) is 1. The number of aliphatic hydroxyl groups is 1. The number of hydrogen-bond acceptors (Lipinski definition) is 4. The molecule has 0 saturated heterocycles. The molecule has 1 amide bonds. The summed E-state index contributed by atoms with van der Waals surface area (Å²) in [6.07, 6.45) is 6.06. The zero-order valence-corrected chi connectivity index (χ0v) is 15.6. The summed E-state index contributed by atoms with van der Waals surface area (Å²) < 4.78 is 5.23. The molecule has 1 aliphatic carbocycles. The number of carbonyl (C=O) groups excluding carboxylic acids is 1. The maximum absolute atomic E-state index is 12.5. The lowest BCUT2D eigenvalue weighted by Crippen LogP contribution is -2.28. The highest BCUT2D eigenvalue weighted by Gasteiger charge is 2.22. The number of fused-ring (bicyclic) bond motifs is 1. The molecule has 0 aliphatic heterocycles. The molecule has 5 heteroatoms. The third kappa shape index (κ3) is 4.33. The van der Waals surface area contributed by atoms with Crippen LogP contribution in [-0.2, 0) is 0 Å². The summed E-state index contributed by atoms with van der Waals surface area (Å²) >= 11 is 0. The second-order valence-electron chi connectivity index (χ2n) is 7.19. The van der Waals surface area contributed by atoms with Crippen LogP contribution in [-0.4, -0.2) is 35.8 Å². The Balaban J connectivity index is 1.58. The van der Waals surface area contributed by atoms with Gasteiger partial charge in [0.25, 0.3) is 5.91 Å². The van der Waals surface area contributed by atoms with Crippen LogP contribution in [0.4, 0.5) is 0 Å². The summed E-state index contributed by atoms with van der Waals surface area (Å²) in [5.41, 5.74) is 2.15. The van der Waals surface area contributed by atoms with E-state index in [1.807, 2.05) is 31.2 Å². The van der Waals surface area contributed by atoms with Crippen LogP contribution >= 0.6 is 0 Å². The molecule has 1 heterocycles. The van der Waals surface area contributed by atoms with Crippen molar-refractivity contribution < 1.29 is 14.6 Å². The first kappa shape index (κ1) is 18.6. The number of nitrogens with one attached hydrogen (secondary N) is 1. The normalized spacial score (nSPS) is 20.1. The number of ether oxygens (including phenoxy) is 1. The van der Waals surface area contributed by atoms with Crippen LogP contribution in [0.3, 0.4) is 0 Å². The molecule has 1 saturated carbocycles. The molecule has 0 bridgehead atoms. The maximum atomic E-state index is 12.5. The number of aryl methyl sites for hydroxylation is 1. The third-order valence-corrected chi connectivity index (χ3v) is 5.37. The molecule has 2 aromatic rings. The molecule has 0 radical (unpaired) electrons. The van der Waals surface area contributed by atoms with E-state index >= 15 is 0 Å². The van der Waals surface area contributed by atoms with Gasteiger partial charge in [0.15, 0.2) is 0 Å². The third-order valence-electron chi connectivity index (χ3n) is 5.37. The van der Waals surface area contributed by atoms with Crippen molar-refractivity contribution in [2.24, 2.45) is 5.92 Å². The van der Waals surface area contributed by atoms with Gasteiger partial charge < -0.3 is 15.2 Å². The predicted octanol–water partition coefficient (Wildman–Crippen LogP) is 3.61. The molecule has 1 fully saturated rings. The SMILES string of the molecule is COc1ccc2cc(C(=O)NCCC[C@H]3CCCC[C@@H]3O)c(C)nc2c1. The lowest BCUT2D eigenvalue weighted by Gasteiger charge is -2.27. The van der Waals surface area contributed by atoms with E-state index in [1.54, 1.807) is 7.11 Å². The summed E-state index contributed by atoms with van der Waals surface area (Å²) in [6.45, 7) is 2.48. The molecular formula is C21H28N2O3. The van der Waals surface area contributed by atoms with Gasteiger partial charge >= 0.3 is 0 Å². The van der Waals surface area contributed by atoms with Crippen molar-refractivity contribution in [1.82, 2.24) is 10.3 Å². The van der Waals surface area contributed by atoms with Crippen LogP contribution in [0.5, 0.6) is 5.75 Å². The monoisotopic (exact) mass is 356 g/mol. The Labute approximate surface area is 154 Å². The molecule has 0 unspecified atom stereocenters. The molecule has 1 aromatic carbocycles. The van der Waals surface area contributed by atoms with Crippen molar-refractivity contribution in [3.05, 3.63) is 35.5 Å². The van der Waals surface area contributed by atoms with E-state index in [-0.39, 0.29) is 12.0 Å². The highest BCUT2D eigenvalue weighted by atomic mass is 16.5. The molecule has 1 aliphatic rings. The van der Waals surface area contributed by atoms with Crippen molar-refractivity contribution in [2.45, 2.75) is 51.6 Å². The lowest BCUT2D eigenvalue weighted by molar-refractivity contribution is 0.0641. The van der Waals surface area contributed by atoms with E-state index in [0.29, 0.717) is 23.7 Å². The van der Waals surface area contributed by atoms with Gasteiger partial charge in [-0.15, -0.1) is 0 Å². The number of methoxy groups -OCH3 is 1. The highest BCUT2D eigenvalue weighted by Crippen LogP contribution is 2.27. The van der Waals surface area contributed by atoms with Crippen LogP contribution < -0.4 is 10.1 Å². The van der Waals surface area contributed by atoms with E-state index in [4.69, 9.17) is 4.74 Å². The molecule has 1 aromatic heterocycles. The minimum absolute atomic E-state index is 0.0862. The molecular weight excluding hydrogens is 328 g/mol. The number of carbonyl (C=O) groups is 1. The molecule has 140 valence electrons. The van der Waals surface area contributed by atoms with Gasteiger partial charge in [-0.3, -0.25) is 9.78 Å². The van der Waals surface area contributed by atoms with Gasteiger partial charge in [0.1, 0.15) is 5.75 Å². The van der Waals surface area contributed by atoms with Crippen molar-refractivity contribution >= 4 is 16.8 Å².